The van der Waals surface area contributed by atoms with Gasteiger partial charge in [0.1, 0.15) is 11.4 Å². The van der Waals surface area contributed by atoms with Crippen LogP contribution in [-0.2, 0) is 16.8 Å². The molecule has 2 aromatic rings. The molecule has 2 aromatic carbocycles. The Kier molecular flexibility index (Phi) is 5.77. The molecule has 0 saturated carbocycles. The molecule has 1 atom stereocenters. The lowest BCUT2D eigenvalue weighted by atomic mass is 9.96. The molecule has 1 unspecified atom stereocenters. The molecule has 0 radical (unpaired) electrons. The minimum atomic E-state index is -1.09. The molecule has 0 aliphatic heterocycles. The zero-order valence-corrected chi connectivity index (χ0v) is 13.6. The van der Waals surface area contributed by atoms with E-state index >= 15 is 0 Å². The number of ether oxygens (including phenoxy) is 1. The van der Waals surface area contributed by atoms with Gasteiger partial charge in [-0.3, -0.25) is 4.79 Å². The van der Waals surface area contributed by atoms with E-state index in [4.69, 9.17) is 4.74 Å². The van der Waals surface area contributed by atoms with E-state index in [-0.39, 0.29) is 18.9 Å². The first-order chi connectivity index (χ1) is 11.0. The van der Waals surface area contributed by atoms with E-state index < -0.39 is 5.60 Å². The maximum Gasteiger partial charge on any atom is 0.224 e. The van der Waals surface area contributed by atoms with Crippen LogP contribution in [0.25, 0.3) is 0 Å². The van der Waals surface area contributed by atoms with E-state index in [0.717, 1.165) is 16.9 Å². The molecular weight excluding hydrogens is 290 g/mol. The molecule has 0 heterocycles. The number of hydrogen-bond donors (Lipinski definition) is 2. The summed E-state index contributed by atoms with van der Waals surface area (Å²) in [6.45, 7) is 4.42. The number of hydrogen-bond acceptors (Lipinski definition) is 3. The smallest absolute Gasteiger partial charge is 0.224 e. The van der Waals surface area contributed by atoms with Crippen molar-refractivity contribution in [2.24, 2.45) is 0 Å². The van der Waals surface area contributed by atoms with E-state index in [1.54, 1.807) is 6.92 Å². The summed E-state index contributed by atoms with van der Waals surface area (Å²) in [5, 5.41) is 13.3. The van der Waals surface area contributed by atoms with Gasteiger partial charge in [-0.2, -0.15) is 0 Å². The SMILES string of the molecule is CCOc1ccc(CC(=O)NCC(C)(O)c2ccccc2)cc1. The molecule has 0 aromatic heterocycles. The van der Waals surface area contributed by atoms with Crippen molar-refractivity contribution in [3.05, 3.63) is 65.7 Å². The minimum absolute atomic E-state index is 0.120. The van der Waals surface area contributed by atoms with Gasteiger partial charge in [-0.15, -0.1) is 0 Å². The van der Waals surface area contributed by atoms with Crippen molar-refractivity contribution in [2.75, 3.05) is 13.2 Å². The van der Waals surface area contributed by atoms with Crippen molar-refractivity contribution in [3.63, 3.8) is 0 Å². The van der Waals surface area contributed by atoms with Crippen molar-refractivity contribution in [1.29, 1.82) is 0 Å². The van der Waals surface area contributed by atoms with Gasteiger partial charge < -0.3 is 15.2 Å². The molecule has 0 fully saturated rings. The second-order valence-electron chi connectivity index (χ2n) is 5.67. The highest BCUT2D eigenvalue weighted by molar-refractivity contribution is 5.78. The molecule has 0 aliphatic rings. The summed E-state index contributed by atoms with van der Waals surface area (Å²) in [6.07, 6.45) is 0.275. The number of benzene rings is 2. The fourth-order valence-corrected chi connectivity index (χ4v) is 2.29. The predicted molar refractivity (Wildman–Crippen MR) is 90.3 cm³/mol. The summed E-state index contributed by atoms with van der Waals surface area (Å²) in [5.74, 6) is 0.675. The molecule has 1 amide bonds. The number of carbonyl (C=O) groups excluding carboxylic acids is 1. The predicted octanol–water partition coefficient (Wildman–Crippen LogP) is 2.65. The van der Waals surface area contributed by atoms with Crippen LogP contribution in [0.1, 0.15) is 25.0 Å². The summed E-state index contributed by atoms with van der Waals surface area (Å²) in [4.78, 5) is 12.0. The Morgan fingerprint density at radius 1 is 1.13 bits per heavy atom. The van der Waals surface area contributed by atoms with Gasteiger partial charge >= 0.3 is 0 Å². The van der Waals surface area contributed by atoms with Gasteiger partial charge in [-0.1, -0.05) is 42.5 Å². The highest BCUT2D eigenvalue weighted by Crippen LogP contribution is 2.19. The summed E-state index contributed by atoms with van der Waals surface area (Å²) in [7, 11) is 0. The van der Waals surface area contributed by atoms with Crippen LogP contribution >= 0.6 is 0 Å². The van der Waals surface area contributed by atoms with Crippen LogP contribution in [0, 0.1) is 0 Å². The quantitative estimate of drug-likeness (QED) is 0.826. The van der Waals surface area contributed by atoms with Gasteiger partial charge in [0.2, 0.25) is 5.91 Å². The Hall–Kier alpha value is -2.33. The summed E-state index contributed by atoms with van der Waals surface area (Å²) >= 11 is 0. The fourth-order valence-electron chi connectivity index (χ4n) is 2.29. The molecule has 4 nitrogen and oxygen atoms in total. The monoisotopic (exact) mass is 313 g/mol. The number of nitrogens with one attached hydrogen (secondary N) is 1. The van der Waals surface area contributed by atoms with Gasteiger partial charge in [0.05, 0.1) is 19.6 Å². The lowest BCUT2D eigenvalue weighted by Crippen LogP contribution is -2.39. The molecule has 23 heavy (non-hydrogen) atoms. The van der Waals surface area contributed by atoms with Crippen LogP contribution in [-0.4, -0.2) is 24.2 Å². The zero-order chi connectivity index (χ0) is 16.7. The first-order valence-corrected chi connectivity index (χ1v) is 7.77. The van der Waals surface area contributed by atoms with Crippen LogP contribution in [0.2, 0.25) is 0 Å². The van der Waals surface area contributed by atoms with Gasteiger partial charge in [0, 0.05) is 0 Å². The second kappa shape index (κ2) is 7.79. The largest absolute Gasteiger partial charge is 0.494 e. The maximum absolute atomic E-state index is 12.0. The van der Waals surface area contributed by atoms with Crippen LogP contribution < -0.4 is 10.1 Å². The molecule has 2 N–H and O–H groups in total. The van der Waals surface area contributed by atoms with Crippen LogP contribution in [0.5, 0.6) is 5.75 Å². The van der Waals surface area contributed by atoms with Crippen molar-refractivity contribution in [2.45, 2.75) is 25.9 Å². The summed E-state index contributed by atoms with van der Waals surface area (Å²) in [5.41, 5.74) is 0.599. The molecule has 4 heteroatoms. The molecule has 0 aliphatic carbocycles. The van der Waals surface area contributed by atoms with Crippen molar-refractivity contribution in [1.82, 2.24) is 5.32 Å². The Balaban J connectivity index is 1.87. The summed E-state index contributed by atoms with van der Waals surface area (Å²) in [6, 6.07) is 16.8. The number of aliphatic hydroxyl groups is 1. The Morgan fingerprint density at radius 2 is 1.78 bits per heavy atom. The van der Waals surface area contributed by atoms with Gasteiger partial charge in [0.15, 0.2) is 0 Å². The third-order valence-electron chi connectivity index (χ3n) is 3.62. The van der Waals surface area contributed by atoms with Crippen LogP contribution in [0.15, 0.2) is 54.6 Å². The topological polar surface area (TPSA) is 58.6 Å². The number of rotatable bonds is 7. The van der Waals surface area contributed by atoms with Gasteiger partial charge in [0.25, 0.3) is 0 Å². The highest BCUT2D eigenvalue weighted by Gasteiger charge is 2.23. The van der Waals surface area contributed by atoms with Crippen molar-refractivity contribution < 1.29 is 14.6 Å². The molecular formula is C19H23NO3. The molecule has 0 saturated heterocycles. The van der Waals surface area contributed by atoms with Crippen molar-refractivity contribution in [3.8, 4) is 5.75 Å². The summed E-state index contributed by atoms with van der Waals surface area (Å²) < 4.78 is 5.37. The minimum Gasteiger partial charge on any atom is -0.494 e. The molecule has 2 rings (SSSR count). The number of amides is 1. The first kappa shape index (κ1) is 17.0. The molecule has 0 bridgehead atoms. The standard InChI is InChI=1S/C19H23NO3/c1-3-23-17-11-9-15(10-12-17)13-18(21)20-14-19(2,22)16-7-5-4-6-8-16/h4-12,22H,3,13-14H2,1-2H3,(H,20,21). The van der Waals surface area contributed by atoms with Crippen LogP contribution in [0.3, 0.4) is 0 Å². The number of carbonyl (C=O) groups is 1. The van der Waals surface area contributed by atoms with E-state index in [0.29, 0.717) is 6.61 Å². The normalized spacial score (nSPS) is 13.2. The third-order valence-corrected chi connectivity index (χ3v) is 3.62. The average molecular weight is 313 g/mol. The van der Waals surface area contributed by atoms with Gasteiger partial charge in [-0.25, -0.2) is 0 Å². The Morgan fingerprint density at radius 3 is 2.39 bits per heavy atom. The van der Waals surface area contributed by atoms with E-state index in [1.807, 2.05) is 61.5 Å². The maximum atomic E-state index is 12.0. The third kappa shape index (κ3) is 5.11. The first-order valence-electron chi connectivity index (χ1n) is 7.77. The van der Waals surface area contributed by atoms with E-state index in [1.165, 1.54) is 0 Å². The van der Waals surface area contributed by atoms with E-state index in [2.05, 4.69) is 5.32 Å². The Bertz CT molecular complexity index is 621. The second-order valence-corrected chi connectivity index (χ2v) is 5.67. The zero-order valence-electron chi connectivity index (χ0n) is 13.6. The average Bonchev–Trinajstić information content (AvgIpc) is 2.56. The van der Waals surface area contributed by atoms with Crippen LogP contribution in [0.4, 0.5) is 0 Å². The van der Waals surface area contributed by atoms with Crippen molar-refractivity contribution >= 4 is 5.91 Å². The Labute approximate surface area is 137 Å². The molecule has 0 spiro atoms. The fraction of sp³-hybridized carbons (Fsp3) is 0.316. The van der Waals surface area contributed by atoms with E-state index in [9.17, 15) is 9.90 Å². The lowest BCUT2D eigenvalue weighted by Gasteiger charge is -2.24. The lowest BCUT2D eigenvalue weighted by molar-refractivity contribution is -0.121. The molecule has 122 valence electrons. The van der Waals surface area contributed by atoms with Gasteiger partial charge in [-0.05, 0) is 37.1 Å². The highest BCUT2D eigenvalue weighted by atomic mass is 16.5.